The Bertz CT molecular complexity index is 400. The largest absolute Gasteiger partial charge is 0.387 e. The zero-order valence-corrected chi connectivity index (χ0v) is 10.7. The molecule has 0 spiro atoms. The van der Waals surface area contributed by atoms with Gasteiger partial charge in [0, 0.05) is 36.5 Å². The maximum Gasteiger partial charge on any atom is 0.0928 e. The molecular weight excluding hydrogens is 268 g/mol. The van der Waals surface area contributed by atoms with Gasteiger partial charge in [0.05, 0.1) is 5.60 Å². The van der Waals surface area contributed by atoms with E-state index in [0.717, 1.165) is 24.1 Å². The summed E-state index contributed by atoms with van der Waals surface area (Å²) in [6.45, 7) is 2.54. The molecule has 1 N–H and O–H groups in total. The minimum atomic E-state index is -0.376. The van der Waals surface area contributed by atoms with E-state index in [1.165, 1.54) is 18.4 Å². The lowest BCUT2D eigenvalue weighted by Gasteiger charge is -2.47. The number of aromatic nitrogens is 1. The minimum Gasteiger partial charge on any atom is -0.387 e. The van der Waals surface area contributed by atoms with Crippen LogP contribution in [0.5, 0.6) is 0 Å². The first-order valence-corrected chi connectivity index (χ1v) is 6.49. The van der Waals surface area contributed by atoms with E-state index in [1.807, 2.05) is 6.20 Å². The van der Waals surface area contributed by atoms with Crippen molar-refractivity contribution in [2.45, 2.75) is 25.0 Å². The first-order valence-electron chi connectivity index (χ1n) is 5.70. The molecule has 16 heavy (non-hydrogen) atoms. The second kappa shape index (κ2) is 3.79. The van der Waals surface area contributed by atoms with Gasteiger partial charge in [-0.05, 0) is 46.3 Å². The molecule has 86 valence electrons. The van der Waals surface area contributed by atoms with Gasteiger partial charge in [-0.25, -0.2) is 0 Å². The van der Waals surface area contributed by atoms with Gasteiger partial charge in [-0.1, -0.05) is 0 Å². The van der Waals surface area contributed by atoms with Crippen molar-refractivity contribution in [3.63, 3.8) is 0 Å². The smallest absolute Gasteiger partial charge is 0.0928 e. The summed E-state index contributed by atoms with van der Waals surface area (Å²) in [5.41, 5.74) is 0.826. The van der Waals surface area contributed by atoms with Gasteiger partial charge in [-0.3, -0.25) is 9.88 Å². The van der Waals surface area contributed by atoms with E-state index in [9.17, 15) is 5.11 Å². The van der Waals surface area contributed by atoms with Crippen LogP contribution in [-0.4, -0.2) is 33.7 Å². The lowest BCUT2D eigenvalue weighted by atomic mass is 9.88. The van der Waals surface area contributed by atoms with Crippen LogP contribution in [0.1, 0.15) is 18.4 Å². The minimum absolute atomic E-state index is 0.376. The maximum absolute atomic E-state index is 10.2. The lowest BCUT2D eigenvalue weighted by molar-refractivity contribution is -0.116. The predicted octanol–water partition coefficient (Wildman–Crippen LogP) is 1.80. The van der Waals surface area contributed by atoms with Crippen LogP contribution >= 0.6 is 15.9 Å². The average Bonchev–Trinajstić information content (AvgIpc) is 2.98. The van der Waals surface area contributed by atoms with Gasteiger partial charge in [-0.2, -0.15) is 0 Å². The number of hydrogen-bond acceptors (Lipinski definition) is 3. The summed E-state index contributed by atoms with van der Waals surface area (Å²) in [6.07, 6.45) is 6.10. The Morgan fingerprint density at radius 1 is 1.44 bits per heavy atom. The Morgan fingerprint density at radius 2 is 2.19 bits per heavy atom. The van der Waals surface area contributed by atoms with Gasteiger partial charge < -0.3 is 5.11 Å². The van der Waals surface area contributed by atoms with Crippen molar-refractivity contribution >= 4 is 15.9 Å². The molecule has 1 aromatic rings. The van der Waals surface area contributed by atoms with Gasteiger partial charge in [-0.15, -0.1) is 0 Å². The second-order valence-corrected chi connectivity index (χ2v) is 5.95. The number of aliphatic hydroxyl groups is 1. The fraction of sp³-hybridized carbons (Fsp3) is 0.583. The van der Waals surface area contributed by atoms with E-state index in [1.54, 1.807) is 6.20 Å². The third-order valence-electron chi connectivity index (χ3n) is 3.50. The van der Waals surface area contributed by atoms with Crippen molar-refractivity contribution in [2.75, 3.05) is 13.1 Å². The fourth-order valence-electron chi connectivity index (χ4n) is 2.52. The molecule has 0 bridgehead atoms. The summed E-state index contributed by atoms with van der Waals surface area (Å²) in [5.74, 6) is 0.574. The third kappa shape index (κ3) is 2.01. The van der Waals surface area contributed by atoms with E-state index in [2.05, 4.69) is 31.9 Å². The molecule has 2 fully saturated rings. The standard InChI is InChI=1S/C12H15BrN2O/c13-11-3-9(4-14-5-11)6-15-7-12(16,8-15)10-1-2-10/h3-5,10,16H,1-2,6-8H2. The highest BCUT2D eigenvalue weighted by atomic mass is 79.9. The Morgan fingerprint density at radius 3 is 2.81 bits per heavy atom. The van der Waals surface area contributed by atoms with Crippen LogP contribution in [-0.2, 0) is 6.54 Å². The fourth-order valence-corrected chi connectivity index (χ4v) is 2.93. The molecule has 2 heterocycles. The molecule has 3 rings (SSSR count). The van der Waals surface area contributed by atoms with Gasteiger partial charge in [0.15, 0.2) is 0 Å². The number of pyridine rings is 1. The van der Waals surface area contributed by atoms with Crippen molar-refractivity contribution in [2.24, 2.45) is 5.92 Å². The van der Waals surface area contributed by atoms with Crippen LogP contribution in [0.15, 0.2) is 22.9 Å². The van der Waals surface area contributed by atoms with E-state index in [4.69, 9.17) is 0 Å². The molecule has 0 unspecified atom stereocenters. The van der Waals surface area contributed by atoms with Crippen molar-refractivity contribution in [3.05, 3.63) is 28.5 Å². The first kappa shape index (κ1) is 10.7. The van der Waals surface area contributed by atoms with Crippen molar-refractivity contribution in [1.29, 1.82) is 0 Å². The Labute approximate surface area is 104 Å². The van der Waals surface area contributed by atoms with Crippen LogP contribution < -0.4 is 0 Å². The monoisotopic (exact) mass is 282 g/mol. The first-order chi connectivity index (χ1) is 7.66. The molecule has 3 nitrogen and oxygen atoms in total. The lowest BCUT2D eigenvalue weighted by Crippen LogP contribution is -2.62. The highest BCUT2D eigenvalue weighted by molar-refractivity contribution is 9.10. The number of likely N-dealkylation sites (tertiary alicyclic amines) is 1. The third-order valence-corrected chi connectivity index (χ3v) is 3.93. The van der Waals surface area contributed by atoms with E-state index < -0.39 is 0 Å². The summed E-state index contributed by atoms with van der Waals surface area (Å²) in [7, 11) is 0. The summed E-state index contributed by atoms with van der Waals surface area (Å²) in [4.78, 5) is 6.42. The van der Waals surface area contributed by atoms with Crippen LogP contribution in [0.4, 0.5) is 0 Å². The number of β-amino-alcohol motifs (C(OH)–C–C–N with tert-alkyl or cyclic N) is 1. The topological polar surface area (TPSA) is 36.4 Å². The SMILES string of the molecule is OC1(C2CC2)CN(Cc2cncc(Br)c2)C1. The summed E-state index contributed by atoms with van der Waals surface area (Å²) in [5, 5.41) is 10.2. The molecule has 2 aliphatic rings. The number of rotatable bonds is 3. The molecule has 0 aromatic carbocycles. The second-order valence-electron chi connectivity index (χ2n) is 5.03. The van der Waals surface area contributed by atoms with Crippen LogP contribution in [0, 0.1) is 5.92 Å². The summed E-state index contributed by atoms with van der Waals surface area (Å²) < 4.78 is 1.02. The highest BCUT2D eigenvalue weighted by Gasteiger charge is 2.51. The van der Waals surface area contributed by atoms with E-state index in [-0.39, 0.29) is 5.60 Å². The Kier molecular flexibility index (Phi) is 2.53. The average molecular weight is 283 g/mol. The molecule has 0 radical (unpaired) electrons. The number of hydrogen-bond donors (Lipinski definition) is 1. The van der Waals surface area contributed by atoms with Gasteiger partial charge >= 0.3 is 0 Å². The van der Waals surface area contributed by atoms with Gasteiger partial charge in [0.1, 0.15) is 0 Å². The summed E-state index contributed by atoms with van der Waals surface area (Å²) >= 11 is 3.42. The molecule has 1 aliphatic heterocycles. The van der Waals surface area contributed by atoms with E-state index in [0.29, 0.717) is 5.92 Å². The van der Waals surface area contributed by atoms with Crippen molar-refractivity contribution < 1.29 is 5.11 Å². The maximum atomic E-state index is 10.2. The predicted molar refractivity (Wildman–Crippen MR) is 64.9 cm³/mol. The quantitative estimate of drug-likeness (QED) is 0.919. The molecule has 1 aliphatic carbocycles. The van der Waals surface area contributed by atoms with Crippen LogP contribution in [0.25, 0.3) is 0 Å². The van der Waals surface area contributed by atoms with E-state index >= 15 is 0 Å². The molecule has 1 saturated carbocycles. The van der Waals surface area contributed by atoms with Crippen molar-refractivity contribution in [1.82, 2.24) is 9.88 Å². The molecule has 0 atom stereocenters. The Hall–Kier alpha value is -0.450. The zero-order chi connectivity index (χ0) is 11.2. The molecule has 0 amide bonds. The molecule has 1 aromatic heterocycles. The zero-order valence-electron chi connectivity index (χ0n) is 9.06. The molecule has 1 saturated heterocycles. The van der Waals surface area contributed by atoms with Gasteiger partial charge in [0.25, 0.3) is 0 Å². The molecule has 4 heteroatoms. The highest BCUT2D eigenvalue weighted by Crippen LogP contribution is 2.44. The number of halogens is 1. The van der Waals surface area contributed by atoms with Crippen LogP contribution in [0.2, 0.25) is 0 Å². The Balaban J connectivity index is 1.58. The number of nitrogens with zero attached hydrogens (tertiary/aromatic N) is 2. The van der Waals surface area contributed by atoms with Crippen molar-refractivity contribution in [3.8, 4) is 0 Å². The normalized spacial score (nSPS) is 24.1. The van der Waals surface area contributed by atoms with Crippen LogP contribution in [0.3, 0.4) is 0 Å². The molecular formula is C12H15BrN2O. The summed E-state index contributed by atoms with van der Waals surface area (Å²) in [6, 6.07) is 2.08. The van der Waals surface area contributed by atoms with Gasteiger partial charge in [0.2, 0.25) is 0 Å².